The molecule has 1 saturated heterocycles. The summed E-state index contributed by atoms with van der Waals surface area (Å²) in [6.45, 7) is 2.82. The number of hydrogen-bond acceptors (Lipinski definition) is 8. The molecule has 7 nitrogen and oxygen atoms in total. The number of halogens is 1. The van der Waals surface area contributed by atoms with E-state index in [1.807, 2.05) is 4.90 Å². The minimum Gasteiger partial charge on any atom is -0.378 e. The van der Waals surface area contributed by atoms with Gasteiger partial charge in [-0.3, -0.25) is 4.98 Å². The minimum atomic E-state index is 0.174. The summed E-state index contributed by atoms with van der Waals surface area (Å²) in [4.78, 5) is 22.9. The molecule has 0 radical (unpaired) electrons. The quantitative estimate of drug-likeness (QED) is 0.839. The summed E-state index contributed by atoms with van der Waals surface area (Å²) in [7, 11) is 0. The van der Waals surface area contributed by atoms with Gasteiger partial charge in [-0.25, -0.2) is 4.98 Å². The molecule has 3 heterocycles. The fourth-order valence-corrected chi connectivity index (χ4v) is 2.58. The van der Waals surface area contributed by atoms with Gasteiger partial charge in [-0.05, 0) is 23.4 Å². The Hall–Kier alpha value is -1.51. The van der Waals surface area contributed by atoms with Crippen LogP contribution in [0.2, 0.25) is 5.28 Å². The summed E-state index contributed by atoms with van der Waals surface area (Å²) in [5.41, 5.74) is 0. The molecule has 1 aliphatic heterocycles. The zero-order chi connectivity index (χ0) is 13.8. The Kier molecular flexibility index (Phi) is 4.24. The van der Waals surface area contributed by atoms with E-state index in [-0.39, 0.29) is 5.28 Å². The van der Waals surface area contributed by atoms with Crippen molar-refractivity contribution >= 4 is 29.3 Å². The Morgan fingerprint density at radius 1 is 1.15 bits per heavy atom. The molecule has 0 aliphatic carbocycles. The van der Waals surface area contributed by atoms with Crippen molar-refractivity contribution in [3.63, 3.8) is 0 Å². The average Bonchev–Trinajstić information content (AvgIpc) is 2.49. The first-order valence-corrected chi connectivity index (χ1v) is 7.19. The summed E-state index contributed by atoms with van der Waals surface area (Å²) >= 11 is 7.27. The number of ether oxygens (including phenoxy) is 1. The van der Waals surface area contributed by atoms with Crippen LogP contribution in [0.3, 0.4) is 0 Å². The molecule has 0 spiro atoms. The molecule has 104 valence electrons. The Balaban J connectivity index is 1.82. The Bertz CT molecular complexity index is 580. The lowest BCUT2D eigenvalue weighted by atomic mass is 10.4. The fourth-order valence-electron chi connectivity index (χ4n) is 1.70. The van der Waals surface area contributed by atoms with Crippen LogP contribution in [0, 0.1) is 0 Å². The maximum atomic E-state index is 5.97. The summed E-state index contributed by atoms with van der Waals surface area (Å²) in [5, 5.41) is 1.39. The highest BCUT2D eigenvalue weighted by Crippen LogP contribution is 2.24. The van der Waals surface area contributed by atoms with Crippen LogP contribution in [-0.2, 0) is 4.74 Å². The Morgan fingerprint density at radius 2 is 2.00 bits per heavy atom. The van der Waals surface area contributed by atoms with Gasteiger partial charge in [-0.1, -0.05) is 0 Å². The molecule has 0 unspecified atom stereocenters. The van der Waals surface area contributed by atoms with Crippen molar-refractivity contribution in [1.29, 1.82) is 0 Å². The maximum absolute atomic E-state index is 5.97. The second kappa shape index (κ2) is 6.29. The van der Waals surface area contributed by atoms with E-state index in [0.29, 0.717) is 29.3 Å². The molecule has 3 rings (SSSR count). The number of nitrogens with zero attached hydrogens (tertiary/aromatic N) is 6. The highest BCUT2D eigenvalue weighted by Gasteiger charge is 2.16. The average molecular weight is 311 g/mol. The van der Waals surface area contributed by atoms with Crippen molar-refractivity contribution in [2.75, 3.05) is 31.2 Å². The first-order chi connectivity index (χ1) is 9.81. The van der Waals surface area contributed by atoms with Gasteiger partial charge in [0.25, 0.3) is 0 Å². The van der Waals surface area contributed by atoms with Crippen molar-refractivity contribution in [3.05, 3.63) is 23.9 Å². The van der Waals surface area contributed by atoms with E-state index in [2.05, 4.69) is 24.9 Å². The van der Waals surface area contributed by atoms with Gasteiger partial charge in [0.05, 0.1) is 19.4 Å². The summed E-state index contributed by atoms with van der Waals surface area (Å²) in [6.07, 6.45) is 4.88. The molecule has 0 N–H and O–H groups in total. The van der Waals surface area contributed by atoms with Crippen LogP contribution >= 0.6 is 23.4 Å². The van der Waals surface area contributed by atoms with Crippen molar-refractivity contribution in [3.8, 4) is 0 Å². The summed E-state index contributed by atoms with van der Waals surface area (Å²) in [6, 6.07) is 0. The molecule has 0 amide bonds. The predicted molar refractivity (Wildman–Crippen MR) is 74.0 cm³/mol. The maximum Gasteiger partial charge on any atom is 0.230 e. The van der Waals surface area contributed by atoms with Crippen LogP contribution in [0.4, 0.5) is 5.95 Å². The van der Waals surface area contributed by atoms with Crippen LogP contribution in [0.5, 0.6) is 0 Å². The molecule has 0 saturated carbocycles. The largest absolute Gasteiger partial charge is 0.378 e. The van der Waals surface area contributed by atoms with Crippen molar-refractivity contribution in [2.45, 2.75) is 10.2 Å². The minimum absolute atomic E-state index is 0.174. The third-order valence-electron chi connectivity index (χ3n) is 2.61. The van der Waals surface area contributed by atoms with E-state index in [4.69, 9.17) is 16.3 Å². The van der Waals surface area contributed by atoms with Gasteiger partial charge >= 0.3 is 0 Å². The monoisotopic (exact) mass is 310 g/mol. The number of anilines is 1. The van der Waals surface area contributed by atoms with Crippen LogP contribution in [0.25, 0.3) is 0 Å². The molecule has 2 aromatic heterocycles. The molecule has 2 aromatic rings. The van der Waals surface area contributed by atoms with E-state index in [1.165, 1.54) is 11.8 Å². The lowest BCUT2D eigenvalue weighted by Gasteiger charge is -2.26. The molecule has 1 aliphatic rings. The first-order valence-electron chi connectivity index (χ1n) is 5.99. The van der Waals surface area contributed by atoms with Gasteiger partial charge in [0.15, 0.2) is 5.16 Å². The van der Waals surface area contributed by atoms with Crippen molar-refractivity contribution in [2.24, 2.45) is 0 Å². The van der Waals surface area contributed by atoms with Crippen LogP contribution in [-0.4, -0.2) is 51.2 Å². The first kappa shape index (κ1) is 13.5. The van der Waals surface area contributed by atoms with Crippen molar-refractivity contribution < 1.29 is 4.74 Å². The van der Waals surface area contributed by atoms with Crippen LogP contribution < -0.4 is 4.90 Å². The third kappa shape index (κ3) is 3.33. The lowest BCUT2D eigenvalue weighted by molar-refractivity contribution is 0.122. The van der Waals surface area contributed by atoms with E-state index < -0.39 is 0 Å². The number of morpholine rings is 1. The normalized spacial score (nSPS) is 15.3. The number of hydrogen-bond donors (Lipinski definition) is 0. The van der Waals surface area contributed by atoms with Gasteiger partial charge in [0, 0.05) is 25.5 Å². The van der Waals surface area contributed by atoms with E-state index in [9.17, 15) is 0 Å². The third-order valence-corrected chi connectivity index (χ3v) is 3.56. The lowest BCUT2D eigenvalue weighted by Crippen LogP contribution is -2.37. The zero-order valence-corrected chi connectivity index (χ0v) is 12.0. The van der Waals surface area contributed by atoms with Gasteiger partial charge in [0.2, 0.25) is 11.2 Å². The topological polar surface area (TPSA) is 76.9 Å². The van der Waals surface area contributed by atoms with Gasteiger partial charge in [0.1, 0.15) is 5.03 Å². The Morgan fingerprint density at radius 3 is 2.75 bits per heavy atom. The van der Waals surface area contributed by atoms with Crippen molar-refractivity contribution in [1.82, 2.24) is 24.9 Å². The molecule has 0 atom stereocenters. The molecule has 0 aromatic carbocycles. The van der Waals surface area contributed by atoms with E-state index in [1.54, 1.807) is 18.6 Å². The molecule has 0 bridgehead atoms. The van der Waals surface area contributed by atoms with Crippen LogP contribution in [0.15, 0.2) is 28.8 Å². The Labute approximate surface area is 124 Å². The molecule has 1 fully saturated rings. The summed E-state index contributed by atoms with van der Waals surface area (Å²) < 4.78 is 5.31. The molecular weight excluding hydrogens is 300 g/mol. The van der Waals surface area contributed by atoms with Gasteiger partial charge < -0.3 is 9.64 Å². The van der Waals surface area contributed by atoms with Gasteiger partial charge in [-0.15, -0.1) is 0 Å². The summed E-state index contributed by atoms with van der Waals surface area (Å²) in [5.74, 6) is 0.569. The molecule has 9 heteroatoms. The zero-order valence-electron chi connectivity index (χ0n) is 10.4. The highest BCUT2D eigenvalue weighted by molar-refractivity contribution is 7.99. The highest BCUT2D eigenvalue weighted by atomic mass is 35.5. The number of rotatable bonds is 3. The van der Waals surface area contributed by atoms with E-state index >= 15 is 0 Å². The van der Waals surface area contributed by atoms with Crippen LogP contribution in [0.1, 0.15) is 0 Å². The number of aromatic nitrogens is 5. The smallest absolute Gasteiger partial charge is 0.230 e. The molecular formula is C11H11ClN6OS. The standard InChI is InChI=1S/C11H11ClN6OS/c12-9-15-10(18-3-5-19-6-4-18)17-11(16-9)20-8-7-13-1-2-14-8/h1-2,7H,3-6H2. The van der Waals surface area contributed by atoms with Gasteiger partial charge in [-0.2, -0.15) is 15.0 Å². The SMILES string of the molecule is Clc1nc(Sc2cnccn2)nc(N2CCOCC2)n1. The predicted octanol–water partition coefficient (Wildman–Crippen LogP) is 1.30. The second-order valence-electron chi connectivity index (χ2n) is 3.93. The molecule has 20 heavy (non-hydrogen) atoms. The fraction of sp³-hybridized carbons (Fsp3) is 0.364. The van der Waals surface area contributed by atoms with E-state index in [0.717, 1.165) is 13.1 Å². The second-order valence-corrected chi connectivity index (χ2v) is 5.26.